The predicted molar refractivity (Wildman–Crippen MR) is 79.9 cm³/mol. The molecule has 0 radical (unpaired) electrons. The molecule has 0 aliphatic carbocycles. The highest BCUT2D eigenvalue weighted by Gasteiger charge is 2.30. The Kier molecular flexibility index (Phi) is 4.75. The van der Waals surface area contributed by atoms with E-state index in [0.29, 0.717) is 32.7 Å². The van der Waals surface area contributed by atoms with E-state index in [1.54, 1.807) is 0 Å². The first-order chi connectivity index (χ1) is 10.2. The van der Waals surface area contributed by atoms with Crippen LogP contribution in [0.15, 0.2) is 0 Å². The third kappa shape index (κ3) is 3.55. The number of nitrogens with one attached hydrogen (secondary N) is 1. The molecule has 6 heteroatoms. The van der Waals surface area contributed by atoms with Crippen LogP contribution in [0, 0.1) is 0 Å². The van der Waals surface area contributed by atoms with Gasteiger partial charge in [0.25, 0.3) is 0 Å². The molecule has 3 rings (SSSR count). The Bertz CT molecular complexity index is 381. The van der Waals surface area contributed by atoms with Crippen LogP contribution in [0.4, 0.5) is 0 Å². The summed E-state index contributed by atoms with van der Waals surface area (Å²) in [5.41, 5.74) is 0. The van der Waals surface area contributed by atoms with Crippen LogP contribution in [-0.2, 0) is 9.59 Å². The highest BCUT2D eigenvalue weighted by molar-refractivity contribution is 5.83. The van der Waals surface area contributed by atoms with Crippen LogP contribution in [0.25, 0.3) is 0 Å². The van der Waals surface area contributed by atoms with Crippen molar-refractivity contribution in [3.05, 3.63) is 0 Å². The zero-order valence-electron chi connectivity index (χ0n) is 12.7. The lowest BCUT2D eigenvalue weighted by Crippen LogP contribution is -2.55. The van der Waals surface area contributed by atoms with Crippen LogP contribution in [0.3, 0.4) is 0 Å². The minimum Gasteiger partial charge on any atom is -0.338 e. The molecular weight excluding hydrogens is 268 g/mol. The van der Waals surface area contributed by atoms with E-state index in [1.165, 1.54) is 12.8 Å². The summed E-state index contributed by atoms with van der Waals surface area (Å²) < 4.78 is 0. The summed E-state index contributed by atoms with van der Waals surface area (Å²) in [5, 5.41) is 3.26. The second-order valence-electron chi connectivity index (χ2n) is 6.34. The number of amides is 2. The van der Waals surface area contributed by atoms with E-state index in [-0.39, 0.29) is 17.9 Å². The molecule has 118 valence electrons. The van der Waals surface area contributed by atoms with Crippen molar-refractivity contribution in [3.63, 3.8) is 0 Å². The molecule has 3 fully saturated rings. The molecule has 6 nitrogen and oxygen atoms in total. The Morgan fingerprint density at radius 1 is 0.905 bits per heavy atom. The number of nitrogens with zero attached hydrogens (tertiary/aromatic N) is 3. The van der Waals surface area contributed by atoms with Gasteiger partial charge >= 0.3 is 0 Å². The summed E-state index contributed by atoms with van der Waals surface area (Å²) in [6, 6.07) is 0.0110. The normalized spacial score (nSPS) is 27.3. The Hall–Kier alpha value is -1.14. The smallest absolute Gasteiger partial charge is 0.239 e. The number of hydrogen-bond donors (Lipinski definition) is 1. The molecule has 0 saturated carbocycles. The average molecular weight is 294 g/mol. The van der Waals surface area contributed by atoms with Gasteiger partial charge in [-0.2, -0.15) is 0 Å². The first-order valence-corrected chi connectivity index (χ1v) is 8.26. The van der Waals surface area contributed by atoms with E-state index in [4.69, 9.17) is 0 Å². The highest BCUT2D eigenvalue weighted by Crippen LogP contribution is 2.12. The molecule has 3 heterocycles. The third-order valence-corrected chi connectivity index (χ3v) is 4.86. The van der Waals surface area contributed by atoms with Gasteiger partial charge in [0, 0.05) is 26.2 Å². The van der Waals surface area contributed by atoms with Gasteiger partial charge in [-0.15, -0.1) is 0 Å². The van der Waals surface area contributed by atoms with Gasteiger partial charge in [-0.05, 0) is 45.3 Å². The van der Waals surface area contributed by atoms with Crippen LogP contribution in [-0.4, -0.2) is 84.9 Å². The van der Waals surface area contributed by atoms with Crippen LogP contribution in [0.1, 0.15) is 25.7 Å². The summed E-state index contributed by atoms with van der Waals surface area (Å²) in [5.74, 6) is 0.446. The third-order valence-electron chi connectivity index (χ3n) is 4.86. The topological polar surface area (TPSA) is 55.9 Å². The molecule has 1 atom stereocenters. The van der Waals surface area contributed by atoms with Crippen LogP contribution < -0.4 is 5.32 Å². The van der Waals surface area contributed by atoms with Crippen molar-refractivity contribution < 1.29 is 9.59 Å². The molecule has 3 aliphatic rings. The predicted octanol–water partition coefficient (Wildman–Crippen LogP) is -0.495. The summed E-state index contributed by atoms with van der Waals surface area (Å²) >= 11 is 0. The zero-order valence-corrected chi connectivity index (χ0v) is 12.7. The minimum absolute atomic E-state index is 0.0110. The second kappa shape index (κ2) is 6.75. The van der Waals surface area contributed by atoms with Gasteiger partial charge in [0.1, 0.15) is 0 Å². The van der Waals surface area contributed by atoms with Crippen molar-refractivity contribution in [1.82, 2.24) is 20.0 Å². The summed E-state index contributed by atoms with van der Waals surface area (Å²) in [6.07, 6.45) is 4.46. The number of likely N-dealkylation sites (tertiary alicyclic amines) is 1. The molecular formula is C15H26N4O2. The van der Waals surface area contributed by atoms with Crippen LogP contribution in [0.5, 0.6) is 0 Å². The molecule has 0 spiro atoms. The Morgan fingerprint density at radius 3 is 2.19 bits per heavy atom. The molecule has 1 N–H and O–H groups in total. The lowest BCUT2D eigenvalue weighted by molar-refractivity contribution is -0.141. The Labute approximate surface area is 126 Å². The lowest BCUT2D eigenvalue weighted by atomic mass is 10.2. The van der Waals surface area contributed by atoms with Crippen molar-refractivity contribution in [2.24, 2.45) is 0 Å². The Morgan fingerprint density at radius 2 is 1.57 bits per heavy atom. The molecule has 2 amide bonds. The monoisotopic (exact) mass is 294 g/mol. The van der Waals surface area contributed by atoms with Gasteiger partial charge in [-0.1, -0.05) is 0 Å². The van der Waals surface area contributed by atoms with Crippen molar-refractivity contribution in [2.45, 2.75) is 31.7 Å². The fourth-order valence-corrected chi connectivity index (χ4v) is 3.52. The summed E-state index contributed by atoms with van der Waals surface area (Å²) in [6.45, 7) is 6.35. The number of rotatable bonds is 3. The first-order valence-electron chi connectivity index (χ1n) is 8.26. The fraction of sp³-hybridized carbons (Fsp3) is 0.867. The number of carbonyl (C=O) groups is 2. The van der Waals surface area contributed by atoms with E-state index in [9.17, 15) is 9.59 Å². The van der Waals surface area contributed by atoms with Gasteiger partial charge in [0.15, 0.2) is 0 Å². The first kappa shape index (κ1) is 14.8. The van der Waals surface area contributed by atoms with E-state index in [1.807, 2.05) is 9.80 Å². The summed E-state index contributed by atoms with van der Waals surface area (Å²) in [7, 11) is 0. The number of carbonyl (C=O) groups excluding carboxylic acids is 2. The standard InChI is InChI=1S/C15H26N4O2/c20-14(12-17-6-1-2-7-17)18-8-10-19(11-9-18)15(21)13-4-3-5-16-13/h13,16H,1-12H2. The highest BCUT2D eigenvalue weighted by atomic mass is 16.2. The van der Waals surface area contributed by atoms with Crippen LogP contribution in [0.2, 0.25) is 0 Å². The van der Waals surface area contributed by atoms with Crippen molar-refractivity contribution in [3.8, 4) is 0 Å². The molecule has 0 bridgehead atoms. The molecule has 0 aromatic rings. The molecule has 1 unspecified atom stereocenters. The number of piperazine rings is 1. The molecule has 0 aromatic carbocycles. The molecule has 0 aromatic heterocycles. The van der Waals surface area contributed by atoms with Gasteiger partial charge in [0.2, 0.25) is 11.8 Å². The fourth-order valence-electron chi connectivity index (χ4n) is 3.52. The number of hydrogen-bond acceptors (Lipinski definition) is 4. The SMILES string of the molecule is O=C(CN1CCCC1)N1CCN(C(=O)C2CCCN2)CC1. The van der Waals surface area contributed by atoms with E-state index < -0.39 is 0 Å². The van der Waals surface area contributed by atoms with Crippen molar-refractivity contribution in [1.29, 1.82) is 0 Å². The maximum absolute atomic E-state index is 12.3. The van der Waals surface area contributed by atoms with Crippen molar-refractivity contribution >= 4 is 11.8 Å². The van der Waals surface area contributed by atoms with E-state index in [0.717, 1.165) is 32.5 Å². The van der Waals surface area contributed by atoms with Gasteiger partial charge < -0.3 is 15.1 Å². The van der Waals surface area contributed by atoms with E-state index >= 15 is 0 Å². The minimum atomic E-state index is 0.0110. The molecule has 3 aliphatic heterocycles. The Balaban J connectivity index is 1.43. The quantitative estimate of drug-likeness (QED) is 0.763. The van der Waals surface area contributed by atoms with Crippen molar-refractivity contribution in [2.75, 3.05) is 52.4 Å². The maximum Gasteiger partial charge on any atom is 0.239 e. The van der Waals surface area contributed by atoms with E-state index in [2.05, 4.69) is 10.2 Å². The second-order valence-corrected chi connectivity index (χ2v) is 6.34. The van der Waals surface area contributed by atoms with Crippen LogP contribution >= 0.6 is 0 Å². The average Bonchev–Trinajstić information content (AvgIpc) is 3.20. The van der Waals surface area contributed by atoms with Gasteiger partial charge in [0.05, 0.1) is 12.6 Å². The molecule has 21 heavy (non-hydrogen) atoms. The maximum atomic E-state index is 12.3. The zero-order chi connectivity index (χ0) is 14.7. The van der Waals surface area contributed by atoms with Gasteiger partial charge in [-0.3, -0.25) is 14.5 Å². The van der Waals surface area contributed by atoms with Gasteiger partial charge in [-0.25, -0.2) is 0 Å². The summed E-state index contributed by atoms with van der Waals surface area (Å²) in [4.78, 5) is 30.6. The largest absolute Gasteiger partial charge is 0.338 e. The lowest BCUT2D eigenvalue weighted by Gasteiger charge is -2.36. The molecule has 3 saturated heterocycles.